The van der Waals surface area contributed by atoms with Crippen LogP contribution in [0.4, 0.5) is 6.01 Å². The van der Waals surface area contributed by atoms with Gasteiger partial charge in [0.2, 0.25) is 5.65 Å². The van der Waals surface area contributed by atoms with Crippen LogP contribution in [-0.2, 0) is 0 Å². The van der Waals surface area contributed by atoms with E-state index in [4.69, 9.17) is 15.6 Å². The summed E-state index contributed by atoms with van der Waals surface area (Å²) >= 11 is 0. The summed E-state index contributed by atoms with van der Waals surface area (Å²) in [6.45, 7) is 4.34. The van der Waals surface area contributed by atoms with Gasteiger partial charge in [-0.05, 0) is 37.3 Å². The van der Waals surface area contributed by atoms with E-state index in [1.54, 1.807) is 25.3 Å². The fourth-order valence-electron chi connectivity index (χ4n) is 3.26. The van der Waals surface area contributed by atoms with Gasteiger partial charge in [-0.25, -0.2) is 4.98 Å². The first-order valence-corrected chi connectivity index (χ1v) is 9.02. The highest BCUT2D eigenvalue weighted by Gasteiger charge is 2.25. The van der Waals surface area contributed by atoms with Gasteiger partial charge in [0.1, 0.15) is 5.75 Å². The summed E-state index contributed by atoms with van der Waals surface area (Å²) < 4.78 is 11.1. The number of terminal acetylenes is 1. The standard InChI is InChI=1S/C21H20N4O3/c1-4-15-6-7-16(13-18(15)27-3)20(26)24-9-11-25(12-10-24)21-23-19-17(28-21)8-5-14(2)22-19/h1,5-8,13H,9-12H2,2-3H3. The van der Waals surface area contributed by atoms with Crippen LogP contribution in [0, 0.1) is 19.3 Å². The lowest BCUT2D eigenvalue weighted by molar-refractivity contribution is 0.0744. The molecule has 1 amide bonds. The van der Waals surface area contributed by atoms with E-state index in [-0.39, 0.29) is 5.91 Å². The van der Waals surface area contributed by atoms with Crippen LogP contribution in [0.2, 0.25) is 0 Å². The van der Waals surface area contributed by atoms with Crippen LogP contribution < -0.4 is 9.64 Å². The summed E-state index contributed by atoms with van der Waals surface area (Å²) in [6, 6.07) is 9.48. The molecule has 7 heteroatoms. The number of amides is 1. The van der Waals surface area contributed by atoms with Gasteiger partial charge >= 0.3 is 0 Å². The van der Waals surface area contributed by atoms with Crippen LogP contribution in [0.3, 0.4) is 0 Å². The number of nitrogens with zero attached hydrogens (tertiary/aromatic N) is 4. The number of fused-ring (bicyclic) bond motifs is 1. The number of ether oxygens (including phenoxy) is 1. The van der Waals surface area contributed by atoms with Crippen molar-refractivity contribution in [1.82, 2.24) is 14.9 Å². The van der Waals surface area contributed by atoms with Crippen molar-refractivity contribution in [2.24, 2.45) is 0 Å². The first-order chi connectivity index (χ1) is 13.6. The van der Waals surface area contributed by atoms with E-state index in [0.717, 1.165) is 5.69 Å². The van der Waals surface area contributed by atoms with Gasteiger partial charge in [-0.1, -0.05) is 5.92 Å². The molecule has 0 saturated carbocycles. The number of benzene rings is 1. The number of hydrogen-bond donors (Lipinski definition) is 0. The minimum Gasteiger partial charge on any atom is -0.495 e. The number of aromatic nitrogens is 2. The highest BCUT2D eigenvalue weighted by atomic mass is 16.5. The summed E-state index contributed by atoms with van der Waals surface area (Å²) in [7, 11) is 1.54. The molecule has 7 nitrogen and oxygen atoms in total. The van der Waals surface area contributed by atoms with E-state index in [2.05, 4.69) is 15.9 Å². The summed E-state index contributed by atoms with van der Waals surface area (Å²) in [5.74, 6) is 3.04. The molecule has 2 aromatic heterocycles. The fraction of sp³-hybridized carbons (Fsp3) is 0.286. The van der Waals surface area contributed by atoms with Gasteiger partial charge < -0.3 is 19.0 Å². The third-order valence-electron chi connectivity index (χ3n) is 4.82. The zero-order valence-electron chi connectivity index (χ0n) is 15.8. The molecule has 0 atom stereocenters. The topological polar surface area (TPSA) is 71.7 Å². The molecule has 3 heterocycles. The van der Waals surface area contributed by atoms with Crippen molar-refractivity contribution >= 4 is 23.2 Å². The predicted octanol–water partition coefficient (Wildman–Crippen LogP) is 2.48. The molecule has 1 saturated heterocycles. The van der Waals surface area contributed by atoms with Crippen molar-refractivity contribution in [2.45, 2.75) is 6.92 Å². The Hall–Kier alpha value is -3.53. The number of carbonyl (C=O) groups is 1. The molecule has 1 aliphatic heterocycles. The Bertz CT molecular complexity index is 1070. The minimum absolute atomic E-state index is 0.0450. The molecule has 0 N–H and O–H groups in total. The Kier molecular flexibility index (Phi) is 4.62. The van der Waals surface area contributed by atoms with Crippen molar-refractivity contribution in [3.8, 4) is 18.1 Å². The van der Waals surface area contributed by atoms with Gasteiger partial charge in [-0.15, -0.1) is 6.42 Å². The smallest absolute Gasteiger partial charge is 0.300 e. The van der Waals surface area contributed by atoms with Gasteiger partial charge in [0.05, 0.1) is 12.7 Å². The summed E-state index contributed by atoms with van der Waals surface area (Å²) in [5.41, 5.74) is 3.36. The average Bonchev–Trinajstić information content (AvgIpc) is 3.16. The number of piperazine rings is 1. The van der Waals surface area contributed by atoms with E-state index >= 15 is 0 Å². The maximum atomic E-state index is 12.8. The zero-order valence-corrected chi connectivity index (χ0v) is 15.8. The quantitative estimate of drug-likeness (QED) is 0.654. The van der Waals surface area contributed by atoms with E-state index < -0.39 is 0 Å². The Morgan fingerprint density at radius 2 is 1.96 bits per heavy atom. The number of hydrogen-bond acceptors (Lipinski definition) is 6. The van der Waals surface area contributed by atoms with Crippen molar-refractivity contribution in [1.29, 1.82) is 0 Å². The maximum absolute atomic E-state index is 12.8. The normalized spacial score (nSPS) is 14.2. The van der Waals surface area contributed by atoms with Crippen molar-refractivity contribution < 1.29 is 13.9 Å². The molecule has 0 bridgehead atoms. The summed E-state index contributed by atoms with van der Waals surface area (Å²) in [4.78, 5) is 25.5. The minimum atomic E-state index is -0.0450. The number of oxazole rings is 1. The van der Waals surface area contributed by atoms with E-state index in [1.807, 2.05) is 28.9 Å². The largest absolute Gasteiger partial charge is 0.495 e. The van der Waals surface area contributed by atoms with Crippen molar-refractivity contribution in [3.63, 3.8) is 0 Å². The van der Waals surface area contributed by atoms with Crippen LogP contribution >= 0.6 is 0 Å². The first kappa shape index (κ1) is 17.9. The lowest BCUT2D eigenvalue weighted by Crippen LogP contribution is -2.48. The van der Waals surface area contributed by atoms with Crippen LogP contribution in [0.5, 0.6) is 5.75 Å². The van der Waals surface area contributed by atoms with E-state index in [0.29, 0.717) is 60.3 Å². The Morgan fingerprint density at radius 3 is 2.68 bits per heavy atom. The highest BCUT2D eigenvalue weighted by Crippen LogP contribution is 2.24. The molecule has 0 unspecified atom stereocenters. The number of pyridine rings is 1. The second-order valence-corrected chi connectivity index (χ2v) is 6.61. The number of methoxy groups -OCH3 is 1. The molecule has 0 radical (unpaired) electrons. The van der Waals surface area contributed by atoms with Gasteiger partial charge in [-0.2, -0.15) is 4.98 Å². The SMILES string of the molecule is C#Cc1ccc(C(=O)N2CCN(c3nc4nc(C)ccc4o3)CC2)cc1OC. The molecule has 4 rings (SSSR count). The van der Waals surface area contributed by atoms with Crippen LogP contribution in [0.25, 0.3) is 11.2 Å². The third kappa shape index (κ3) is 3.25. The van der Waals surface area contributed by atoms with Crippen molar-refractivity contribution in [2.75, 3.05) is 38.2 Å². The zero-order chi connectivity index (χ0) is 19.7. The maximum Gasteiger partial charge on any atom is 0.300 e. The number of rotatable bonds is 3. The van der Waals surface area contributed by atoms with Gasteiger partial charge in [0.15, 0.2) is 5.58 Å². The monoisotopic (exact) mass is 376 g/mol. The van der Waals surface area contributed by atoms with Crippen molar-refractivity contribution in [3.05, 3.63) is 47.2 Å². The van der Waals surface area contributed by atoms with Crippen LogP contribution in [-0.4, -0.2) is 54.1 Å². The molecular formula is C21H20N4O3. The first-order valence-electron chi connectivity index (χ1n) is 9.02. The van der Waals surface area contributed by atoms with Crippen LogP contribution in [0.15, 0.2) is 34.7 Å². The van der Waals surface area contributed by atoms with Gasteiger partial charge in [0, 0.05) is 37.4 Å². The molecule has 28 heavy (non-hydrogen) atoms. The van der Waals surface area contributed by atoms with Gasteiger partial charge in [0.25, 0.3) is 11.9 Å². The molecule has 0 aliphatic carbocycles. The van der Waals surface area contributed by atoms with Crippen LogP contribution in [0.1, 0.15) is 21.6 Å². The lowest BCUT2D eigenvalue weighted by Gasteiger charge is -2.33. The Balaban J connectivity index is 1.46. The number of aryl methyl sites for hydroxylation is 1. The molecule has 142 valence electrons. The van der Waals surface area contributed by atoms with E-state index in [1.165, 1.54) is 0 Å². The fourth-order valence-corrected chi connectivity index (χ4v) is 3.26. The number of anilines is 1. The molecule has 1 aliphatic rings. The summed E-state index contributed by atoms with van der Waals surface area (Å²) in [5, 5.41) is 0. The second kappa shape index (κ2) is 7.24. The third-order valence-corrected chi connectivity index (χ3v) is 4.82. The predicted molar refractivity (Wildman–Crippen MR) is 106 cm³/mol. The molecule has 1 fully saturated rings. The molecule has 0 spiro atoms. The lowest BCUT2D eigenvalue weighted by atomic mass is 10.1. The number of carbonyl (C=O) groups excluding carboxylic acids is 1. The Labute approximate surface area is 162 Å². The van der Waals surface area contributed by atoms with Gasteiger partial charge in [-0.3, -0.25) is 4.79 Å². The molecule has 1 aromatic carbocycles. The Morgan fingerprint density at radius 1 is 1.18 bits per heavy atom. The average molecular weight is 376 g/mol. The second-order valence-electron chi connectivity index (χ2n) is 6.61. The highest BCUT2D eigenvalue weighted by molar-refractivity contribution is 5.95. The molecule has 3 aromatic rings. The molecular weight excluding hydrogens is 356 g/mol. The summed E-state index contributed by atoms with van der Waals surface area (Å²) in [6.07, 6.45) is 5.45. The van der Waals surface area contributed by atoms with E-state index in [9.17, 15) is 4.79 Å².